The minimum Gasteiger partial charge on any atom is -0.497 e. The summed E-state index contributed by atoms with van der Waals surface area (Å²) in [6.07, 6.45) is 0. The van der Waals surface area contributed by atoms with E-state index >= 15 is 0 Å². The molecular formula is C17H26N2O4. The molecule has 1 saturated heterocycles. The van der Waals surface area contributed by atoms with Gasteiger partial charge in [0.15, 0.2) is 0 Å². The van der Waals surface area contributed by atoms with Crippen molar-refractivity contribution in [1.29, 1.82) is 0 Å². The smallest absolute Gasteiger partial charge is 0.246 e. The number of benzene rings is 1. The molecular weight excluding hydrogens is 296 g/mol. The van der Waals surface area contributed by atoms with Crippen LogP contribution in [0.4, 0.5) is 0 Å². The third-order valence-corrected chi connectivity index (χ3v) is 3.90. The normalized spacial score (nSPS) is 16.8. The first kappa shape index (κ1) is 17.7. The first-order valence-electron chi connectivity index (χ1n) is 7.98. The highest BCUT2D eigenvalue weighted by atomic mass is 16.5. The summed E-state index contributed by atoms with van der Waals surface area (Å²) in [4.78, 5) is 14.2. The van der Waals surface area contributed by atoms with E-state index in [9.17, 15) is 4.79 Å². The first-order valence-corrected chi connectivity index (χ1v) is 7.98. The largest absolute Gasteiger partial charge is 0.497 e. The fourth-order valence-electron chi connectivity index (χ4n) is 2.48. The quantitative estimate of drug-likeness (QED) is 0.775. The Kier molecular flexibility index (Phi) is 7.32. The van der Waals surface area contributed by atoms with Crippen molar-refractivity contribution in [2.75, 3.05) is 46.6 Å². The van der Waals surface area contributed by atoms with Gasteiger partial charge in [0.25, 0.3) is 0 Å². The van der Waals surface area contributed by atoms with Crippen LogP contribution in [0.2, 0.25) is 0 Å². The molecule has 0 unspecified atom stereocenters. The predicted molar refractivity (Wildman–Crippen MR) is 87.5 cm³/mol. The molecule has 1 N–H and O–H groups in total. The van der Waals surface area contributed by atoms with Gasteiger partial charge in [0.1, 0.15) is 12.4 Å². The number of methoxy groups -OCH3 is 1. The Morgan fingerprint density at radius 1 is 1.39 bits per heavy atom. The van der Waals surface area contributed by atoms with Crippen LogP contribution in [-0.2, 0) is 20.9 Å². The van der Waals surface area contributed by atoms with Gasteiger partial charge in [-0.1, -0.05) is 12.1 Å². The zero-order valence-electron chi connectivity index (χ0n) is 13.9. The summed E-state index contributed by atoms with van der Waals surface area (Å²) in [6.45, 7) is 6.57. The molecule has 1 amide bonds. The second kappa shape index (κ2) is 9.50. The van der Waals surface area contributed by atoms with E-state index in [1.807, 2.05) is 24.3 Å². The Labute approximate surface area is 137 Å². The molecule has 0 spiro atoms. The molecule has 2 rings (SSSR count). The fourth-order valence-corrected chi connectivity index (χ4v) is 2.48. The van der Waals surface area contributed by atoms with Crippen molar-refractivity contribution in [1.82, 2.24) is 10.2 Å². The van der Waals surface area contributed by atoms with Gasteiger partial charge in [-0.15, -0.1) is 0 Å². The highest BCUT2D eigenvalue weighted by molar-refractivity contribution is 5.77. The number of nitrogens with zero attached hydrogens (tertiary/aromatic N) is 1. The number of amides is 1. The zero-order chi connectivity index (χ0) is 16.5. The van der Waals surface area contributed by atoms with Gasteiger partial charge in [-0.3, -0.25) is 9.69 Å². The van der Waals surface area contributed by atoms with Crippen molar-refractivity contribution in [2.24, 2.45) is 0 Å². The molecule has 0 radical (unpaired) electrons. The fraction of sp³-hybridized carbons (Fsp3) is 0.588. The molecule has 23 heavy (non-hydrogen) atoms. The van der Waals surface area contributed by atoms with E-state index in [0.29, 0.717) is 19.2 Å². The molecule has 1 atom stereocenters. The first-order chi connectivity index (χ1) is 11.2. The number of rotatable bonds is 8. The van der Waals surface area contributed by atoms with Crippen LogP contribution < -0.4 is 10.1 Å². The Morgan fingerprint density at radius 3 is 2.91 bits per heavy atom. The van der Waals surface area contributed by atoms with E-state index in [4.69, 9.17) is 14.2 Å². The standard InChI is InChI=1S/C17H26N2O4/c1-14(19-6-8-22-9-7-19)11-18-17(20)13-23-12-15-4-3-5-16(10-15)21-2/h3-5,10,14H,6-9,11-13H2,1-2H3,(H,18,20)/t14-/m0/s1. The van der Waals surface area contributed by atoms with Crippen LogP contribution in [0.15, 0.2) is 24.3 Å². The van der Waals surface area contributed by atoms with Crippen molar-refractivity contribution in [3.05, 3.63) is 29.8 Å². The Morgan fingerprint density at radius 2 is 2.17 bits per heavy atom. The van der Waals surface area contributed by atoms with E-state index < -0.39 is 0 Å². The van der Waals surface area contributed by atoms with Crippen molar-refractivity contribution in [3.8, 4) is 5.75 Å². The topological polar surface area (TPSA) is 60.0 Å². The maximum absolute atomic E-state index is 11.8. The summed E-state index contributed by atoms with van der Waals surface area (Å²) < 4.78 is 15.9. The number of hydrogen-bond acceptors (Lipinski definition) is 5. The maximum Gasteiger partial charge on any atom is 0.246 e. The van der Waals surface area contributed by atoms with Gasteiger partial charge in [-0.2, -0.15) is 0 Å². The lowest BCUT2D eigenvalue weighted by Gasteiger charge is -2.32. The predicted octanol–water partition coefficient (Wildman–Crippen LogP) is 1.05. The van der Waals surface area contributed by atoms with E-state index in [0.717, 1.165) is 37.6 Å². The number of ether oxygens (including phenoxy) is 3. The minimum atomic E-state index is -0.0898. The molecule has 1 heterocycles. The summed E-state index contributed by atoms with van der Waals surface area (Å²) >= 11 is 0. The van der Waals surface area contributed by atoms with Gasteiger partial charge in [-0.25, -0.2) is 0 Å². The second-order valence-electron chi connectivity index (χ2n) is 5.65. The Balaban J connectivity index is 1.62. The number of nitrogens with one attached hydrogen (secondary N) is 1. The van der Waals surface area contributed by atoms with Crippen LogP contribution in [0.25, 0.3) is 0 Å². The lowest BCUT2D eigenvalue weighted by atomic mass is 10.2. The third kappa shape index (κ3) is 6.17. The van der Waals surface area contributed by atoms with Crippen LogP contribution in [0.3, 0.4) is 0 Å². The lowest BCUT2D eigenvalue weighted by Crippen LogP contribution is -2.47. The van der Waals surface area contributed by atoms with Crippen LogP contribution in [0.5, 0.6) is 5.75 Å². The molecule has 0 bridgehead atoms. The Bertz CT molecular complexity index is 489. The van der Waals surface area contributed by atoms with Gasteiger partial charge in [0.05, 0.1) is 26.9 Å². The molecule has 1 aliphatic heterocycles. The van der Waals surface area contributed by atoms with E-state index in [1.165, 1.54) is 0 Å². The molecule has 6 nitrogen and oxygen atoms in total. The van der Waals surface area contributed by atoms with Crippen molar-refractivity contribution in [2.45, 2.75) is 19.6 Å². The molecule has 0 saturated carbocycles. The van der Waals surface area contributed by atoms with Crippen LogP contribution >= 0.6 is 0 Å². The number of hydrogen-bond donors (Lipinski definition) is 1. The maximum atomic E-state index is 11.8. The second-order valence-corrected chi connectivity index (χ2v) is 5.65. The van der Waals surface area contributed by atoms with Gasteiger partial charge in [-0.05, 0) is 24.6 Å². The van der Waals surface area contributed by atoms with Gasteiger partial charge >= 0.3 is 0 Å². The molecule has 1 fully saturated rings. The Hall–Kier alpha value is -1.63. The van der Waals surface area contributed by atoms with Gasteiger partial charge in [0, 0.05) is 25.7 Å². The summed E-state index contributed by atoms with van der Waals surface area (Å²) in [5.74, 6) is 0.697. The zero-order valence-corrected chi connectivity index (χ0v) is 13.9. The summed E-state index contributed by atoms with van der Waals surface area (Å²) in [7, 11) is 1.63. The molecule has 0 aromatic heterocycles. The monoisotopic (exact) mass is 322 g/mol. The molecule has 128 valence electrons. The van der Waals surface area contributed by atoms with E-state index in [-0.39, 0.29) is 12.5 Å². The van der Waals surface area contributed by atoms with Crippen molar-refractivity contribution in [3.63, 3.8) is 0 Å². The molecule has 1 aromatic carbocycles. The number of carbonyl (C=O) groups is 1. The van der Waals surface area contributed by atoms with E-state index in [2.05, 4.69) is 17.1 Å². The lowest BCUT2D eigenvalue weighted by molar-refractivity contribution is -0.126. The average molecular weight is 322 g/mol. The summed E-state index contributed by atoms with van der Waals surface area (Å²) in [6, 6.07) is 7.94. The van der Waals surface area contributed by atoms with Crippen molar-refractivity contribution < 1.29 is 19.0 Å². The summed E-state index contributed by atoms with van der Waals surface area (Å²) in [5, 5.41) is 2.92. The third-order valence-electron chi connectivity index (χ3n) is 3.90. The highest BCUT2D eigenvalue weighted by Gasteiger charge is 2.17. The molecule has 1 aliphatic rings. The number of carbonyl (C=O) groups excluding carboxylic acids is 1. The highest BCUT2D eigenvalue weighted by Crippen LogP contribution is 2.13. The SMILES string of the molecule is COc1cccc(COCC(=O)NC[C@H](C)N2CCOCC2)c1. The number of morpholine rings is 1. The van der Waals surface area contributed by atoms with Gasteiger partial charge in [0.2, 0.25) is 5.91 Å². The van der Waals surface area contributed by atoms with Crippen LogP contribution in [-0.4, -0.2) is 63.4 Å². The molecule has 1 aromatic rings. The van der Waals surface area contributed by atoms with Gasteiger partial charge < -0.3 is 19.5 Å². The van der Waals surface area contributed by atoms with Crippen LogP contribution in [0.1, 0.15) is 12.5 Å². The molecule has 6 heteroatoms. The summed E-state index contributed by atoms with van der Waals surface area (Å²) in [5.41, 5.74) is 0.985. The minimum absolute atomic E-state index is 0.0625. The van der Waals surface area contributed by atoms with Crippen LogP contribution in [0, 0.1) is 0 Å². The molecule has 0 aliphatic carbocycles. The van der Waals surface area contributed by atoms with E-state index in [1.54, 1.807) is 7.11 Å². The van der Waals surface area contributed by atoms with Crippen molar-refractivity contribution >= 4 is 5.91 Å². The average Bonchev–Trinajstić information content (AvgIpc) is 2.60.